The van der Waals surface area contributed by atoms with Crippen LogP contribution < -0.4 is 25.6 Å². The Kier molecular flexibility index (Phi) is 8.82. The fraction of sp³-hybridized carbons (Fsp3) is 0.345. The maximum Gasteiger partial charge on any atom is 0.229 e. The molecule has 10 nitrogen and oxygen atoms in total. The first-order chi connectivity index (χ1) is 19.8. The number of halogens is 1. The number of hydrogen-bond acceptors (Lipinski definition) is 9. The molecular weight excluding hydrogens is 561 g/mol. The average molecular weight is 596 g/mol. The fourth-order valence-corrected chi connectivity index (χ4v) is 7.15. The van der Waals surface area contributed by atoms with Crippen LogP contribution in [0.5, 0.6) is 5.75 Å². The van der Waals surface area contributed by atoms with E-state index in [-0.39, 0.29) is 0 Å². The number of aromatic nitrogens is 4. The molecule has 1 aliphatic heterocycles. The SMILES string of the molecule is CCP(=O)(CC)c1ccccc1Nc1nc(Nc2cc(-c3cnn(C)c3)c(N3CCOCC3)cc2OC)ncc1Cl. The molecule has 1 saturated heterocycles. The minimum Gasteiger partial charge on any atom is -0.494 e. The largest absolute Gasteiger partial charge is 0.494 e. The number of methoxy groups -OCH3 is 1. The topological polar surface area (TPSA) is 106 Å². The van der Waals surface area contributed by atoms with Crippen LogP contribution >= 0.6 is 18.7 Å². The van der Waals surface area contributed by atoms with Crippen LogP contribution in [0.2, 0.25) is 5.02 Å². The zero-order valence-electron chi connectivity index (χ0n) is 23.7. The van der Waals surface area contributed by atoms with Crippen LogP contribution in [0, 0.1) is 0 Å². The number of rotatable bonds is 10. The summed E-state index contributed by atoms with van der Waals surface area (Å²) >= 11 is 6.52. The van der Waals surface area contributed by atoms with Gasteiger partial charge in [0.1, 0.15) is 17.9 Å². The van der Waals surface area contributed by atoms with E-state index in [4.69, 9.17) is 21.1 Å². The molecule has 0 atom stereocenters. The van der Waals surface area contributed by atoms with Crippen LogP contribution in [0.25, 0.3) is 11.1 Å². The first-order valence-electron chi connectivity index (χ1n) is 13.6. The van der Waals surface area contributed by atoms with Crippen molar-refractivity contribution in [1.29, 1.82) is 0 Å². The van der Waals surface area contributed by atoms with Gasteiger partial charge in [0.2, 0.25) is 5.95 Å². The molecule has 4 aromatic rings. The molecule has 41 heavy (non-hydrogen) atoms. The highest BCUT2D eigenvalue weighted by Crippen LogP contribution is 2.46. The number of anilines is 5. The summed E-state index contributed by atoms with van der Waals surface area (Å²) in [6.07, 6.45) is 6.52. The zero-order valence-corrected chi connectivity index (χ0v) is 25.4. The number of hydrogen-bond donors (Lipinski definition) is 2. The monoisotopic (exact) mass is 595 g/mol. The number of morpholine rings is 1. The van der Waals surface area contributed by atoms with Gasteiger partial charge in [-0.1, -0.05) is 37.6 Å². The highest BCUT2D eigenvalue weighted by Gasteiger charge is 2.24. The van der Waals surface area contributed by atoms with Gasteiger partial charge < -0.3 is 29.6 Å². The van der Waals surface area contributed by atoms with Crippen molar-refractivity contribution >= 4 is 52.9 Å². The van der Waals surface area contributed by atoms with Crippen LogP contribution in [0.3, 0.4) is 0 Å². The lowest BCUT2D eigenvalue weighted by atomic mass is 10.0. The van der Waals surface area contributed by atoms with Gasteiger partial charge in [0.25, 0.3) is 0 Å². The second-order valence-electron chi connectivity index (χ2n) is 9.75. The standard InChI is InChI=1S/C29H35ClN7O3P/c1-5-41(38,6-2)27-10-8-7-9-23(27)33-28-22(30)18-31-29(35-28)34-24-15-21(20-17-32-36(3)19-20)25(16-26(24)39-4)37-11-13-40-14-12-37/h7-10,15-19H,5-6,11-14H2,1-4H3,(H2,31,33,34,35). The summed E-state index contributed by atoms with van der Waals surface area (Å²) in [5, 5.41) is 12.1. The maximum atomic E-state index is 13.6. The van der Waals surface area contributed by atoms with E-state index in [0.29, 0.717) is 53.8 Å². The minimum absolute atomic E-state index is 0.332. The molecule has 0 radical (unpaired) electrons. The summed E-state index contributed by atoms with van der Waals surface area (Å²) in [4.78, 5) is 11.4. The van der Waals surface area contributed by atoms with Gasteiger partial charge in [-0.2, -0.15) is 10.1 Å². The number of ether oxygens (including phenoxy) is 2. The Labute approximate surface area is 245 Å². The second kappa shape index (κ2) is 12.5. The zero-order chi connectivity index (χ0) is 29.0. The van der Waals surface area contributed by atoms with Crippen molar-refractivity contribution in [3.05, 3.63) is 60.0 Å². The summed E-state index contributed by atoms with van der Waals surface area (Å²) in [6, 6.07) is 11.7. The van der Waals surface area contributed by atoms with Crippen molar-refractivity contribution in [2.45, 2.75) is 13.8 Å². The Morgan fingerprint density at radius 1 is 1.07 bits per heavy atom. The third-order valence-corrected chi connectivity index (χ3v) is 10.9. The van der Waals surface area contributed by atoms with E-state index in [0.717, 1.165) is 40.9 Å². The van der Waals surface area contributed by atoms with Gasteiger partial charge >= 0.3 is 0 Å². The van der Waals surface area contributed by atoms with Crippen molar-refractivity contribution in [3.8, 4) is 16.9 Å². The molecule has 3 heterocycles. The van der Waals surface area contributed by atoms with Crippen LogP contribution in [0.15, 0.2) is 55.0 Å². The van der Waals surface area contributed by atoms with Crippen LogP contribution in [0.1, 0.15) is 13.8 Å². The Morgan fingerprint density at radius 3 is 2.51 bits per heavy atom. The number of para-hydroxylation sites is 1. The maximum absolute atomic E-state index is 13.6. The molecule has 0 bridgehead atoms. The summed E-state index contributed by atoms with van der Waals surface area (Å²) in [7, 11) is 0.986. The average Bonchev–Trinajstić information content (AvgIpc) is 3.45. The Bertz CT molecular complexity index is 1560. The lowest BCUT2D eigenvalue weighted by molar-refractivity contribution is 0.122. The second-order valence-corrected chi connectivity index (χ2v) is 13.7. The molecule has 2 aromatic carbocycles. The molecular formula is C29H35ClN7O3P. The molecule has 1 fully saturated rings. The van der Waals surface area contributed by atoms with E-state index in [1.165, 1.54) is 6.20 Å². The Morgan fingerprint density at radius 2 is 1.83 bits per heavy atom. The first kappa shape index (κ1) is 28.9. The van der Waals surface area contributed by atoms with Gasteiger partial charge in [-0.15, -0.1) is 0 Å². The van der Waals surface area contributed by atoms with E-state index < -0.39 is 7.14 Å². The quantitative estimate of drug-likeness (QED) is 0.217. The van der Waals surface area contributed by atoms with Crippen molar-refractivity contribution in [3.63, 3.8) is 0 Å². The molecule has 0 amide bonds. The van der Waals surface area contributed by atoms with Crippen molar-refractivity contribution < 1.29 is 14.0 Å². The van der Waals surface area contributed by atoms with Gasteiger partial charge in [-0.3, -0.25) is 4.68 Å². The van der Waals surface area contributed by atoms with E-state index in [1.54, 1.807) is 11.8 Å². The summed E-state index contributed by atoms with van der Waals surface area (Å²) in [5.41, 5.74) is 4.43. The third kappa shape index (κ3) is 6.20. The smallest absolute Gasteiger partial charge is 0.229 e. The lowest BCUT2D eigenvalue weighted by Gasteiger charge is -2.31. The van der Waals surface area contributed by atoms with Crippen molar-refractivity contribution in [2.75, 3.05) is 61.3 Å². The molecule has 0 unspecified atom stereocenters. The highest BCUT2D eigenvalue weighted by atomic mass is 35.5. The molecule has 0 spiro atoms. The van der Waals surface area contributed by atoms with E-state index in [2.05, 4.69) is 30.6 Å². The molecule has 12 heteroatoms. The molecule has 216 valence electrons. The van der Waals surface area contributed by atoms with Gasteiger partial charge in [0.15, 0.2) is 5.82 Å². The van der Waals surface area contributed by atoms with Crippen molar-refractivity contribution in [1.82, 2.24) is 19.7 Å². The molecule has 2 aromatic heterocycles. The number of aryl methyl sites for hydroxylation is 1. The molecule has 0 aliphatic carbocycles. The molecule has 2 N–H and O–H groups in total. The number of benzene rings is 2. The summed E-state index contributed by atoms with van der Waals surface area (Å²) in [5.74, 6) is 1.38. The highest BCUT2D eigenvalue weighted by molar-refractivity contribution is 7.71. The van der Waals surface area contributed by atoms with E-state index in [1.807, 2.05) is 69.7 Å². The van der Waals surface area contributed by atoms with Gasteiger partial charge in [0.05, 0.1) is 44.1 Å². The molecule has 0 saturated carbocycles. The van der Waals surface area contributed by atoms with Gasteiger partial charge in [0, 0.05) is 66.8 Å². The fourth-order valence-electron chi connectivity index (χ4n) is 4.96. The Hall–Kier alpha value is -3.59. The van der Waals surface area contributed by atoms with Crippen LogP contribution in [-0.2, 0) is 16.3 Å². The normalized spacial score (nSPS) is 13.7. The van der Waals surface area contributed by atoms with E-state index in [9.17, 15) is 4.57 Å². The Balaban J connectivity index is 1.51. The summed E-state index contributed by atoms with van der Waals surface area (Å²) < 4.78 is 26.7. The van der Waals surface area contributed by atoms with Crippen LogP contribution in [0.4, 0.5) is 28.8 Å². The lowest BCUT2D eigenvalue weighted by Crippen LogP contribution is -2.36. The molecule has 5 rings (SSSR count). The first-order valence-corrected chi connectivity index (χ1v) is 16.1. The summed E-state index contributed by atoms with van der Waals surface area (Å²) in [6.45, 7) is 6.80. The minimum atomic E-state index is -2.55. The molecule has 1 aliphatic rings. The predicted octanol–water partition coefficient (Wildman–Crippen LogP) is 5.89. The van der Waals surface area contributed by atoms with E-state index >= 15 is 0 Å². The number of nitrogens with zero attached hydrogens (tertiary/aromatic N) is 5. The van der Waals surface area contributed by atoms with Gasteiger partial charge in [-0.05, 0) is 18.2 Å². The van der Waals surface area contributed by atoms with Gasteiger partial charge in [-0.25, -0.2) is 4.98 Å². The van der Waals surface area contributed by atoms with Crippen LogP contribution in [-0.4, -0.2) is 65.5 Å². The number of nitrogens with one attached hydrogen (secondary N) is 2. The third-order valence-electron chi connectivity index (χ3n) is 7.29. The van der Waals surface area contributed by atoms with Crippen molar-refractivity contribution in [2.24, 2.45) is 7.05 Å². The predicted molar refractivity (Wildman–Crippen MR) is 167 cm³/mol.